The lowest BCUT2D eigenvalue weighted by Gasteiger charge is -2.27. The number of amides is 2. The Balaban J connectivity index is 1.85. The summed E-state index contributed by atoms with van der Waals surface area (Å²) in [5, 5.41) is 35.3. The SMILES string of the molecule is Cc1cc(C(OC(=O)Nc2ccnc(=O)[nH]2)C2OC(CO)C(O)C2O)cc(C)c1OC(=O)C(C)NC(=O)OC(C)(C)C. The van der Waals surface area contributed by atoms with Crippen molar-refractivity contribution < 1.29 is 48.7 Å². The zero-order valence-corrected chi connectivity index (χ0v) is 24.0. The van der Waals surface area contributed by atoms with E-state index < -0.39 is 72.6 Å². The summed E-state index contributed by atoms with van der Waals surface area (Å²) in [6, 6.07) is 3.34. The molecule has 1 aromatic carbocycles. The van der Waals surface area contributed by atoms with E-state index in [-0.39, 0.29) is 11.6 Å². The molecule has 6 N–H and O–H groups in total. The Hall–Kier alpha value is -4.05. The third-order valence-electron chi connectivity index (χ3n) is 6.12. The molecule has 0 aliphatic carbocycles. The summed E-state index contributed by atoms with van der Waals surface area (Å²) in [4.78, 5) is 54.8. The van der Waals surface area contributed by atoms with Crippen molar-refractivity contribution in [2.24, 2.45) is 0 Å². The number of carbonyl (C=O) groups is 3. The number of aromatic amines is 1. The molecule has 3 rings (SSSR count). The molecule has 0 radical (unpaired) electrons. The highest BCUT2D eigenvalue weighted by atomic mass is 16.6. The van der Waals surface area contributed by atoms with Crippen molar-refractivity contribution in [1.29, 1.82) is 0 Å². The first-order valence-corrected chi connectivity index (χ1v) is 13.1. The van der Waals surface area contributed by atoms with E-state index in [0.29, 0.717) is 16.7 Å². The van der Waals surface area contributed by atoms with Crippen molar-refractivity contribution in [2.75, 3.05) is 11.9 Å². The fraction of sp³-hybridized carbons (Fsp3) is 0.519. The summed E-state index contributed by atoms with van der Waals surface area (Å²) >= 11 is 0. The average molecular weight is 593 g/mol. The van der Waals surface area contributed by atoms with Gasteiger partial charge < -0.3 is 39.6 Å². The number of ether oxygens (including phenoxy) is 4. The minimum absolute atomic E-state index is 0.0105. The molecule has 15 nitrogen and oxygen atoms in total. The van der Waals surface area contributed by atoms with Crippen molar-refractivity contribution in [3.8, 4) is 5.75 Å². The van der Waals surface area contributed by atoms with Gasteiger partial charge in [-0.15, -0.1) is 0 Å². The topological polar surface area (TPSA) is 219 Å². The number of anilines is 1. The number of aliphatic hydroxyl groups excluding tert-OH is 3. The quantitative estimate of drug-likeness (QED) is 0.187. The number of alkyl carbamates (subject to hydrolysis) is 1. The van der Waals surface area contributed by atoms with Crippen LogP contribution in [0.25, 0.3) is 0 Å². The summed E-state index contributed by atoms with van der Waals surface area (Å²) in [7, 11) is 0. The molecule has 2 amide bonds. The highest BCUT2D eigenvalue weighted by Crippen LogP contribution is 2.37. The number of benzene rings is 1. The Labute approximate surface area is 241 Å². The molecule has 1 fully saturated rings. The number of aromatic nitrogens is 2. The summed E-state index contributed by atoms with van der Waals surface area (Å²) in [5.74, 6) is -0.592. The lowest BCUT2D eigenvalue weighted by atomic mass is 9.95. The van der Waals surface area contributed by atoms with Gasteiger partial charge in [0, 0.05) is 6.20 Å². The number of nitrogens with one attached hydrogen (secondary N) is 3. The molecular weight excluding hydrogens is 556 g/mol. The number of esters is 1. The predicted molar refractivity (Wildman–Crippen MR) is 146 cm³/mol. The van der Waals surface area contributed by atoms with E-state index in [2.05, 4.69) is 20.6 Å². The van der Waals surface area contributed by atoms with Gasteiger partial charge in [0.1, 0.15) is 47.6 Å². The van der Waals surface area contributed by atoms with Gasteiger partial charge in [-0.1, -0.05) is 0 Å². The van der Waals surface area contributed by atoms with Gasteiger partial charge in [0.25, 0.3) is 0 Å². The Bertz CT molecular complexity index is 1330. The average Bonchev–Trinajstić information content (AvgIpc) is 3.16. The first-order chi connectivity index (χ1) is 19.6. The predicted octanol–water partition coefficient (Wildman–Crippen LogP) is 0.977. The second-order valence-corrected chi connectivity index (χ2v) is 10.8. The molecule has 2 heterocycles. The summed E-state index contributed by atoms with van der Waals surface area (Å²) in [6.45, 7) is 9.14. The number of nitrogens with zero attached hydrogens (tertiary/aromatic N) is 1. The van der Waals surface area contributed by atoms with E-state index in [1.165, 1.54) is 31.3 Å². The Morgan fingerprint density at radius 1 is 1.12 bits per heavy atom. The number of aliphatic hydroxyl groups is 3. The monoisotopic (exact) mass is 592 g/mol. The minimum Gasteiger partial charge on any atom is -0.444 e. The number of aryl methyl sites for hydroxylation is 2. The Morgan fingerprint density at radius 3 is 2.31 bits per heavy atom. The third kappa shape index (κ3) is 8.25. The van der Waals surface area contributed by atoms with Crippen LogP contribution in [0, 0.1) is 13.8 Å². The van der Waals surface area contributed by atoms with Crippen LogP contribution in [0.3, 0.4) is 0 Å². The molecule has 0 saturated carbocycles. The normalized spacial score (nSPS) is 21.6. The maximum absolute atomic E-state index is 12.8. The van der Waals surface area contributed by atoms with Crippen molar-refractivity contribution >= 4 is 24.0 Å². The van der Waals surface area contributed by atoms with Crippen LogP contribution in [0.15, 0.2) is 29.2 Å². The van der Waals surface area contributed by atoms with E-state index in [0.717, 1.165) is 0 Å². The van der Waals surface area contributed by atoms with E-state index in [4.69, 9.17) is 18.9 Å². The van der Waals surface area contributed by atoms with E-state index in [9.17, 15) is 34.5 Å². The van der Waals surface area contributed by atoms with Crippen LogP contribution in [0.4, 0.5) is 15.4 Å². The van der Waals surface area contributed by atoms with Gasteiger partial charge in [-0.05, 0) is 76.4 Å². The molecule has 2 aromatic rings. The fourth-order valence-corrected chi connectivity index (χ4v) is 4.24. The summed E-state index contributed by atoms with van der Waals surface area (Å²) in [6.07, 6.45) is -7.42. The largest absolute Gasteiger partial charge is 0.444 e. The zero-order valence-electron chi connectivity index (χ0n) is 24.0. The zero-order chi connectivity index (χ0) is 31.4. The van der Waals surface area contributed by atoms with Crippen LogP contribution < -0.4 is 21.1 Å². The first kappa shape index (κ1) is 32.5. The first-order valence-electron chi connectivity index (χ1n) is 13.1. The molecule has 6 atom stereocenters. The maximum Gasteiger partial charge on any atom is 0.413 e. The maximum atomic E-state index is 12.8. The van der Waals surface area contributed by atoms with Crippen molar-refractivity contribution in [3.05, 3.63) is 51.6 Å². The van der Waals surface area contributed by atoms with Crippen LogP contribution >= 0.6 is 0 Å². The molecule has 1 aliphatic heterocycles. The molecule has 1 aliphatic rings. The van der Waals surface area contributed by atoms with Crippen LogP contribution in [-0.4, -0.2) is 86.1 Å². The molecule has 230 valence electrons. The lowest BCUT2D eigenvalue weighted by Crippen LogP contribution is -2.43. The number of H-pyrrole nitrogens is 1. The van der Waals surface area contributed by atoms with Gasteiger partial charge in [-0.3, -0.25) is 10.3 Å². The van der Waals surface area contributed by atoms with E-state index in [1.807, 2.05) is 0 Å². The highest BCUT2D eigenvalue weighted by Gasteiger charge is 2.48. The van der Waals surface area contributed by atoms with Crippen LogP contribution in [0.2, 0.25) is 0 Å². The summed E-state index contributed by atoms with van der Waals surface area (Å²) in [5.41, 5.74) is -0.298. The molecule has 0 bridgehead atoms. The van der Waals surface area contributed by atoms with Crippen LogP contribution in [0.5, 0.6) is 5.75 Å². The smallest absolute Gasteiger partial charge is 0.413 e. The Morgan fingerprint density at radius 2 is 1.76 bits per heavy atom. The van der Waals surface area contributed by atoms with Gasteiger partial charge in [-0.25, -0.2) is 24.2 Å². The lowest BCUT2D eigenvalue weighted by molar-refractivity contribution is -0.136. The van der Waals surface area contributed by atoms with Crippen molar-refractivity contribution in [2.45, 2.75) is 83.7 Å². The summed E-state index contributed by atoms with van der Waals surface area (Å²) < 4.78 is 21.9. The number of hydrogen-bond donors (Lipinski definition) is 6. The molecule has 1 aromatic heterocycles. The molecule has 0 spiro atoms. The van der Waals surface area contributed by atoms with Crippen LogP contribution in [0.1, 0.15) is 50.5 Å². The third-order valence-corrected chi connectivity index (χ3v) is 6.12. The fourth-order valence-electron chi connectivity index (χ4n) is 4.24. The minimum atomic E-state index is -1.54. The standard InChI is InChI=1S/C27H36N4O11/c1-12-9-15(10-13(2)20(12)40-23(35)14(3)29-26(38)42-27(4,5)6)21(22-19(34)18(33)16(11-32)39-22)41-25(37)31-17-7-8-28-24(36)30-17/h7-10,14,16,18-19,21-22,32-34H,11H2,1-6H3,(H,29,38)(H2,28,30,31,36,37). The second kappa shape index (κ2) is 13.3. The molecule has 6 unspecified atom stereocenters. The van der Waals surface area contributed by atoms with Gasteiger partial charge in [0.15, 0.2) is 6.10 Å². The Kier molecular flexibility index (Phi) is 10.3. The molecule has 42 heavy (non-hydrogen) atoms. The van der Waals surface area contributed by atoms with Crippen molar-refractivity contribution in [3.63, 3.8) is 0 Å². The van der Waals surface area contributed by atoms with Gasteiger partial charge in [-0.2, -0.15) is 0 Å². The van der Waals surface area contributed by atoms with Gasteiger partial charge >= 0.3 is 23.8 Å². The number of rotatable bonds is 8. The highest BCUT2D eigenvalue weighted by molar-refractivity contribution is 5.84. The molecular formula is C27H36N4O11. The number of carbonyl (C=O) groups excluding carboxylic acids is 3. The van der Waals surface area contributed by atoms with Crippen LogP contribution in [-0.2, 0) is 19.0 Å². The van der Waals surface area contributed by atoms with Crippen molar-refractivity contribution in [1.82, 2.24) is 15.3 Å². The second-order valence-electron chi connectivity index (χ2n) is 10.8. The van der Waals surface area contributed by atoms with Gasteiger partial charge in [0.05, 0.1) is 6.61 Å². The van der Waals surface area contributed by atoms with E-state index in [1.54, 1.807) is 34.6 Å². The molecule has 1 saturated heterocycles. The van der Waals surface area contributed by atoms with Gasteiger partial charge in [0.2, 0.25) is 0 Å². The number of hydrogen-bond acceptors (Lipinski definition) is 12. The molecule has 15 heteroatoms. The van der Waals surface area contributed by atoms with E-state index >= 15 is 0 Å².